The molecule has 0 aliphatic rings. The van der Waals surface area contributed by atoms with E-state index in [1.165, 1.54) is 0 Å². The summed E-state index contributed by atoms with van der Waals surface area (Å²) in [6, 6.07) is 20.4. The minimum atomic E-state index is 0.843. The van der Waals surface area contributed by atoms with Gasteiger partial charge in [0.05, 0.1) is 6.20 Å². The Kier molecular flexibility index (Phi) is 3.19. The fourth-order valence-electron chi connectivity index (χ4n) is 1.97. The smallest absolute Gasteiger partial charge is 0.113 e. The first-order chi connectivity index (χ1) is 9.43. The first-order valence-corrected chi connectivity index (χ1v) is 6.12. The quantitative estimate of drug-likeness (QED) is 0.721. The van der Waals surface area contributed by atoms with Crippen molar-refractivity contribution in [2.75, 3.05) is 0 Å². The van der Waals surface area contributed by atoms with E-state index in [1.54, 1.807) is 0 Å². The number of benzene rings is 2. The van der Waals surface area contributed by atoms with Crippen LogP contribution in [0.15, 0.2) is 66.9 Å². The van der Waals surface area contributed by atoms with Crippen molar-refractivity contribution < 1.29 is 0 Å². The molecule has 1 N–H and O–H groups in total. The molecule has 0 atom stereocenters. The zero-order valence-electron chi connectivity index (χ0n) is 10.3. The summed E-state index contributed by atoms with van der Waals surface area (Å²) in [4.78, 5) is 0. The van der Waals surface area contributed by atoms with Gasteiger partial charge in [-0.15, -0.1) is 5.10 Å². The van der Waals surface area contributed by atoms with Crippen molar-refractivity contribution in [3.05, 3.63) is 83.7 Å². The van der Waals surface area contributed by atoms with Crippen molar-refractivity contribution in [2.45, 2.75) is 0 Å². The molecule has 2 aromatic carbocycles. The van der Waals surface area contributed by atoms with Gasteiger partial charge in [0.1, 0.15) is 5.69 Å². The summed E-state index contributed by atoms with van der Waals surface area (Å²) in [7, 11) is 0. The molecule has 0 spiro atoms. The number of rotatable bonds is 3. The fraction of sp³-hybridized carbons (Fsp3) is 0. The Labute approximate surface area is 111 Å². The summed E-state index contributed by atoms with van der Waals surface area (Å²) < 4.78 is 0. The van der Waals surface area contributed by atoms with Crippen molar-refractivity contribution in [3.63, 3.8) is 0 Å². The van der Waals surface area contributed by atoms with Crippen molar-refractivity contribution in [1.82, 2.24) is 15.4 Å². The third-order valence-electron chi connectivity index (χ3n) is 2.89. The Morgan fingerprint density at radius 2 is 1.58 bits per heavy atom. The summed E-state index contributed by atoms with van der Waals surface area (Å²) >= 11 is 0. The first kappa shape index (κ1) is 11.4. The molecule has 1 aromatic heterocycles. The molecule has 0 radical (unpaired) electrons. The summed E-state index contributed by atoms with van der Waals surface area (Å²) in [5.74, 6) is 0. The van der Waals surface area contributed by atoms with Crippen LogP contribution in [-0.4, -0.2) is 15.4 Å². The molecule has 3 aromatic rings. The van der Waals surface area contributed by atoms with Gasteiger partial charge in [0.25, 0.3) is 0 Å². The highest BCUT2D eigenvalue weighted by atomic mass is 15.3. The second-order valence-electron chi connectivity index (χ2n) is 4.19. The molecule has 3 heteroatoms. The average Bonchev–Trinajstić information content (AvgIpc) is 3.01. The highest BCUT2D eigenvalue weighted by Gasteiger charge is 2.07. The van der Waals surface area contributed by atoms with E-state index in [1.807, 2.05) is 42.6 Å². The fourth-order valence-corrected chi connectivity index (χ4v) is 1.97. The second-order valence-corrected chi connectivity index (χ2v) is 4.19. The lowest BCUT2D eigenvalue weighted by molar-refractivity contribution is 0.936. The van der Waals surface area contributed by atoms with E-state index in [2.05, 4.69) is 45.8 Å². The summed E-state index contributed by atoms with van der Waals surface area (Å²) in [5, 5.41) is 10.7. The minimum absolute atomic E-state index is 0.843. The molecule has 19 heavy (non-hydrogen) atoms. The van der Waals surface area contributed by atoms with Gasteiger partial charge in [0, 0.05) is 5.57 Å². The van der Waals surface area contributed by atoms with Crippen molar-refractivity contribution in [2.24, 2.45) is 0 Å². The number of aromatic nitrogens is 3. The zero-order chi connectivity index (χ0) is 12.9. The van der Waals surface area contributed by atoms with E-state index in [-0.39, 0.29) is 0 Å². The summed E-state index contributed by atoms with van der Waals surface area (Å²) in [6.07, 6.45) is 3.93. The summed E-state index contributed by atoms with van der Waals surface area (Å²) in [5.41, 5.74) is 4.17. The van der Waals surface area contributed by atoms with Crippen LogP contribution in [0.4, 0.5) is 0 Å². The molecule has 92 valence electrons. The van der Waals surface area contributed by atoms with Gasteiger partial charge in [0.2, 0.25) is 0 Å². The van der Waals surface area contributed by atoms with Gasteiger partial charge in [-0.25, -0.2) is 0 Å². The van der Waals surface area contributed by atoms with Crippen LogP contribution >= 0.6 is 0 Å². The lowest BCUT2D eigenvalue weighted by Gasteiger charge is -2.04. The van der Waals surface area contributed by atoms with E-state index in [9.17, 15) is 0 Å². The monoisotopic (exact) mass is 247 g/mol. The van der Waals surface area contributed by atoms with E-state index >= 15 is 0 Å². The Bertz CT molecular complexity index is 656. The standard InChI is InChI=1S/C16H13N3/c1-3-7-13(8-4-1)11-15(16-12-17-19-18-16)14-9-5-2-6-10-14/h1-12H,(H,17,18,19). The summed E-state index contributed by atoms with van der Waals surface area (Å²) in [6.45, 7) is 0. The first-order valence-electron chi connectivity index (χ1n) is 6.12. The van der Waals surface area contributed by atoms with E-state index in [0.717, 1.165) is 22.4 Å². The van der Waals surface area contributed by atoms with Crippen LogP contribution in [0.3, 0.4) is 0 Å². The molecule has 1 heterocycles. The van der Waals surface area contributed by atoms with Gasteiger partial charge in [0.15, 0.2) is 0 Å². The molecule has 0 aliphatic heterocycles. The molecule has 0 bridgehead atoms. The molecule has 3 nitrogen and oxygen atoms in total. The maximum Gasteiger partial charge on any atom is 0.113 e. The van der Waals surface area contributed by atoms with Gasteiger partial charge in [-0.1, -0.05) is 65.9 Å². The van der Waals surface area contributed by atoms with E-state index in [0.29, 0.717) is 0 Å². The molecular weight excluding hydrogens is 234 g/mol. The van der Waals surface area contributed by atoms with Crippen LogP contribution in [0.5, 0.6) is 0 Å². The number of nitrogens with one attached hydrogen (secondary N) is 1. The van der Waals surface area contributed by atoms with Gasteiger partial charge in [-0.2, -0.15) is 0 Å². The van der Waals surface area contributed by atoms with Crippen LogP contribution < -0.4 is 0 Å². The van der Waals surface area contributed by atoms with E-state index in [4.69, 9.17) is 0 Å². The van der Waals surface area contributed by atoms with Crippen molar-refractivity contribution in [1.29, 1.82) is 0 Å². The molecule has 3 rings (SSSR count). The van der Waals surface area contributed by atoms with Gasteiger partial charge in [-0.3, -0.25) is 5.10 Å². The molecule has 0 amide bonds. The number of nitrogens with zero attached hydrogens (tertiary/aromatic N) is 2. The normalized spacial score (nSPS) is 11.5. The van der Waals surface area contributed by atoms with E-state index < -0.39 is 0 Å². The largest absolute Gasteiger partial charge is 0.265 e. The Morgan fingerprint density at radius 1 is 0.895 bits per heavy atom. The SMILES string of the molecule is C(=C(c1ccccc1)c1c[nH]nn1)c1ccccc1. The van der Waals surface area contributed by atoms with Crippen LogP contribution in [0.25, 0.3) is 11.6 Å². The lowest BCUT2D eigenvalue weighted by atomic mass is 10.0. The number of H-pyrrole nitrogens is 1. The Balaban J connectivity index is 2.10. The van der Waals surface area contributed by atoms with Gasteiger partial charge < -0.3 is 0 Å². The maximum atomic E-state index is 4.12. The highest BCUT2D eigenvalue weighted by Crippen LogP contribution is 2.23. The van der Waals surface area contributed by atoms with Crippen LogP contribution in [0, 0.1) is 0 Å². The third kappa shape index (κ3) is 2.60. The van der Waals surface area contributed by atoms with Crippen LogP contribution in [-0.2, 0) is 0 Å². The highest BCUT2D eigenvalue weighted by molar-refractivity contribution is 5.89. The number of hydrogen-bond donors (Lipinski definition) is 1. The van der Waals surface area contributed by atoms with Gasteiger partial charge >= 0.3 is 0 Å². The molecule has 0 aliphatic carbocycles. The van der Waals surface area contributed by atoms with Crippen LogP contribution in [0.1, 0.15) is 16.8 Å². The van der Waals surface area contributed by atoms with Crippen LogP contribution in [0.2, 0.25) is 0 Å². The third-order valence-corrected chi connectivity index (χ3v) is 2.89. The number of aromatic amines is 1. The maximum absolute atomic E-state index is 4.12. The zero-order valence-corrected chi connectivity index (χ0v) is 10.3. The number of hydrogen-bond acceptors (Lipinski definition) is 2. The van der Waals surface area contributed by atoms with Crippen molar-refractivity contribution >= 4 is 11.6 Å². The predicted octanol–water partition coefficient (Wildman–Crippen LogP) is 3.39. The van der Waals surface area contributed by atoms with Gasteiger partial charge in [-0.05, 0) is 17.2 Å². The topological polar surface area (TPSA) is 41.6 Å². The molecular formula is C16H13N3. The molecule has 0 unspecified atom stereocenters. The van der Waals surface area contributed by atoms with Crippen molar-refractivity contribution in [3.8, 4) is 0 Å². The second kappa shape index (κ2) is 5.31. The Morgan fingerprint density at radius 3 is 2.21 bits per heavy atom. The predicted molar refractivity (Wildman–Crippen MR) is 76.2 cm³/mol. The molecule has 0 saturated carbocycles. The minimum Gasteiger partial charge on any atom is -0.265 e. The Hall–Kier alpha value is -2.68. The molecule has 0 fully saturated rings. The average molecular weight is 247 g/mol. The lowest BCUT2D eigenvalue weighted by Crippen LogP contribution is -1.88. The molecule has 0 saturated heterocycles.